The summed E-state index contributed by atoms with van der Waals surface area (Å²) >= 11 is 0. The average molecular weight is 681 g/mol. The first-order valence-corrected chi connectivity index (χ1v) is 24.3. The van der Waals surface area contributed by atoms with Gasteiger partial charge in [-0.1, -0.05) is 65.8 Å². The number of carbonyl (C=O) groups excluding carboxylic acids is 1. The minimum Gasteiger partial charge on any atom is -0.462 e. The quantitative estimate of drug-likeness (QED) is 0.0398. The Morgan fingerprint density at radius 3 is 1.70 bits per heavy atom. The fraction of sp³-hybridized carbons (Fsp3) is 0.900. The third-order valence-electron chi connectivity index (χ3n) is 9.28. The third-order valence-corrected chi connectivity index (χ3v) is 23.0. The summed E-state index contributed by atoms with van der Waals surface area (Å²) in [6, 6.07) is 0.857. The van der Waals surface area contributed by atoms with Gasteiger partial charge < -0.3 is 13.6 Å². The molecule has 0 saturated carbocycles. The van der Waals surface area contributed by atoms with Gasteiger partial charge in [-0.25, -0.2) is 4.79 Å². The Morgan fingerprint density at radius 1 is 0.721 bits per heavy atom. The van der Waals surface area contributed by atoms with Crippen LogP contribution in [0.15, 0.2) is 12.2 Å². The zero-order valence-electron chi connectivity index (χ0n) is 28.3. The van der Waals surface area contributed by atoms with Crippen molar-refractivity contribution in [2.45, 2.75) is 166 Å². The topological polar surface area (TPSA) is 44.8 Å². The number of esters is 1. The molecule has 0 saturated heterocycles. The number of ether oxygens (including phenoxy) is 1. The van der Waals surface area contributed by atoms with E-state index < -0.39 is 66.3 Å². The Kier molecular flexibility index (Phi) is 16.5. The predicted octanol–water partition coefficient (Wildman–Crippen LogP) is 10.9. The fourth-order valence-electron chi connectivity index (χ4n) is 5.68. The Morgan fingerprint density at radius 2 is 1.26 bits per heavy atom. The van der Waals surface area contributed by atoms with Gasteiger partial charge in [0, 0.05) is 23.6 Å². The van der Waals surface area contributed by atoms with Crippen LogP contribution in [0.25, 0.3) is 0 Å². The number of hydrogen-bond acceptors (Lipinski definition) is 4. The van der Waals surface area contributed by atoms with E-state index in [2.05, 4.69) is 19.7 Å². The van der Waals surface area contributed by atoms with Gasteiger partial charge in [-0.3, -0.25) is 0 Å². The van der Waals surface area contributed by atoms with E-state index in [9.17, 15) is 31.1 Å². The van der Waals surface area contributed by atoms with Gasteiger partial charge in [0.15, 0.2) is 8.32 Å². The summed E-state index contributed by atoms with van der Waals surface area (Å²) in [4.78, 5) is 11.8. The summed E-state index contributed by atoms with van der Waals surface area (Å²) < 4.78 is 101. The molecular weight excluding hydrogens is 623 g/mol. The number of hydrogen-bond donors (Lipinski definition) is 0. The van der Waals surface area contributed by atoms with Crippen LogP contribution in [0, 0.1) is 0 Å². The molecule has 0 aromatic rings. The molecule has 4 nitrogen and oxygen atoms in total. The van der Waals surface area contributed by atoms with Crippen LogP contribution >= 0.6 is 0 Å². The molecule has 0 N–H and O–H groups in total. The number of rotatable bonds is 21. The molecular formula is C30H58F6O4Si3. The van der Waals surface area contributed by atoms with Crippen LogP contribution in [0.2, 0.25) is 50.4 Å². The van der Waals surface area contributed by atoms with E-state index in [0.29, 0.717) is 49.8 Å². The van der Waals surface area contributed by atoms with Crippen molar-refractivity contribution in [2.75, 3.05) is 6.61 Å². The Bertz CT molecular complexity index is 885. The molecule has 0 bridgehead atoms. The smallest absolute Gasteiger partial charge is 0.388 e. The van der Waals surface area contributed by atoms with Gasteiger partial charge in [0.1, 0.15) is 0 Å². The second-order valence-corrected chi connectivity index (χ2v) is 27.3. The van der Waals surface area contributed by atoms with Crippen molar-refractivity contribution in [3.05, 3.63) is 12.2 Å². The molecule has 4 atom stereocenters. The number of unbranched alkanes of at least 4 members (excludes halogenated alkanes) is 1. The molecule has 256 valence electrons. The van der Waals surface area contributed by atoms with E-state index in [1.165, 1.54) is 0 Å². The largest absolute Gasteiger partial charge is 0.462 e. The average Bonchev–Trinajstić information content (AvgIpc) is 2.86. The maximum absolute atomic E-state index is 13.8. The minimum atomic E-state index is -4.41. The molecule has 43 heavy (non-hydrogen) atoms. The maximum Gasteiger partial charge on any atom is 0.388 e. The van der Waals surface area contributed by atoms with Crippen LogP contribution in [0.5, 0.6) is 0 Å². The van der Waals surface area contributed by atoms with E-state index in [0.717, 1.165) is 6.42 Å². The summed E-state index contributed by atoms with van der Waals surface area (Å²) in [5, 5.41) is -1.84. The lowest BCUT2D eigenvalue weighted by Gasteiger charge is -2.55. The monoisotopic (exact) mass is 680 g/mol. The highest BCUT2D eigenvalue weighted by Gasteiger charge is 2.58. The molecule has 0 heterocycles. The van der Waals surface area contributed by atoms with Crippen molar-refractivity contribution < 1.29 is 44.7 Å². The molecule has 0 rings (SSSR count). The predicted molar refractivity (Wildman–Crippen MR) is 171 cm³/mol. The Hall–Kier alpha value is -0.639. The zero-order valence-corrected chi connectivity index (χ0v) is 31.3. The van der Waals surface area contributed by atoms with Gasteiger partial charge in [0.2, 0.25) is 8.32 Å². The van der Waals surface area contributed by atoms with Crippen LogP contribution < -0.4 is 0 Å². The number of halogens is 6. The van der Waals surface area contributed by atoms with E-state index in [4.69, 9.17) is 13.6 Å². The molecule has 0 aromatic heterocycles. The molecule has 4 unspecified atom stereocenters. The summed E-state index contributed by atoms with van der Waals surface area (Å²) in [5.74, 6) is -0.464. The normalized spacial score (nSPS) is 18.7. The first-order chi connectivity index (χ1) is 19.3. The molecule has 0 aliphatic carbocycles. The molecule has 0 fully saturated rings. The van der Waals surface area contributed by atoms with Crippen LogP contribution in [-0.4, -0.2) is 60.1 Å². The number of alkyl halides is 6. The van der Waals surface area contributed by atoms with Crippen molar-refractivity contribution in [1.82, 2.24) is 0 Å². The van der Waals surface area contributed by atoms with Crippen LogP contribution in [0.1, 0.15) is 92.9 Å². The second kappa shape index (κ2) is 16.8. The Balaban J connectivity index is 6.63. The van der Waals surface area contributed by atoms with Gasteiger partial charge in [-0.15, -0.1) is 0 Å². The van der Waals surface area contributed by atoms with E-state index in [1.54, 1.807) is 13.5 Å². The van der Waals surface area contributed by atoms with Crippen molar-refractivity contribution in [1.29, 1.82) is 0 Å². The first-order valence-electron chi connectivity index (χ1n) is 15.7. The summed E-state index contributed by atoms with van der Waals surface area (Å²) in [5.41, 5.74) is 0.310. The van der Waals surface area contributed by atoms with Crippen molar-refractivity contribution in [3.63, 3.8) is 0 Å². The van der Waals surface area contributed by atoms with Crippen molar-refractivity contribution in [3.8, 4) is 0 Å². The molecule has 0 spiro atoms. The fourth-order valence-corrected chi connectivity index (χ4v) is 18.7. The molecule has 0 radical (unpaired) electrons. The van der Waals surface area contributed by atoms with Gasteiger partial charge in [0.05, 0.1) is 19.9 Å². The lowest BCUT2D eigenvalue weighted by atomic mass is 10.2. The van der Waals surface area contributed by atoms with Crippen LogP contribution in [0.3, 0.4) is 0 Å². The lowest BCUT2D eigenvalue weighted by molar-refractivity contribution is -0.139. The summed E-state index contributed by atoms with van der Waals surface area (Å²) in [6.07, 6.45) is -7.10. The second-order valence-electron chi connectivity index (χ2n) is 13.7. The summed E-state index contributed by atoms with van der Waals surface area (Å²) in [7, 11) is -8.80. The van der Waals surface area contributed by atoms with E-state index in [1.807, 2.05) is 41.2 Å². The van der Waals surface area contributed by atoms with Crippen molar-refractivity contribution in [2.24, 2.45) is 0 Å². The lowest BCUT2D eigenvalue weighted by Crippen LogP contribution is -2.68. The van der Waals surface area contributed by atoms with Gasteiger partial charge in [-0.05, 0) is 71.3 Å². The van der Waals surface area contributed by atoms with Crippen LogP contribution in [-0.2, 0) is 18.4 Å². The zero-order chi connectivity index (χ0) is 34.0. The SMILES string of the molecule is C=C(C)C(=O)OCCC[Si](C)(C)C(C)(CC)O[Si](C)(CCC(F)(F)F)C(C)(CCC)O[Si](C)(CCCC)CCC(F)(F)F. The summed E-state index contributed by atoms with van der Waals surface area (Å²) in [6.45, 7) is 22.9. The molecule has 0 aliphatic heterocycles. The van der Waals surface area contributed by atoms with Gasteiger partial charge >= 0.3 is 18.3 Å². The Labute approximate surface area is 260 Å². The van der Waals surface area contributed by atoms with Gasteiger partial charge in [-0.2, -0.15) is 26.3 Å². The highest BCUT2D eigenvalue weighted by atomic mass is 28.4. The maximum atomic E-state index is 13.8. The molecule has 13 heteroatoms. The molecule has 0 aromatic carbocycles. The van der Waals surface area contributed by atoms with Gasteiger partial charge in [0.25, 0.3) is 0 Å². The molecule has 0 amide bonds. The first kappa shape index (κ1) is 42.4. The highest BCUT2D eigenvalue weighted by molar-refractivity contribution is 6.83. The standard InChI is InChI=1S/C30H58F6O4Si3/c1-12-15-22-42(10,23-18-29(31,32)33)39-28(7,17-13-2)43(11,24-19-30(34,35)36)40-27(6,14-3)41(8,9)21-16-20-38-26(37)25(4)5/h4,12-24H2,1-3,5-11H3. The minimum absolute atomic E-state index is 0.131. The number of carbonyl (C=O) groups is 1. The van der Waals surface area contributed by atoms with Crippen molar-refractivity contribution >= 4 is 30.7 Å². The highest BCUT2D eigenvalue weighted by Crippen LogP contribution is 2.46. The van der Waals surface area contributed by atoms with E-state index >= 15 is 0 Å². The van der Waals surface area contributed by atoms with E-state index in [-0.39, 0.29) is 18.7 Å². The molecule has 0 aliphatic rings. The third kappa shape index (κ3) is 14.1. The van der Waals surface area contributed by atoms with Crippen LogP contribution in [0.4, 0.5) is 26.3 Å².